The number of nitrogens with zero attached hydrogens (tertiary/aromatic N) is 2. The second-order valence-electron chi connectivity index (χ2n) is 5.24. The Morgan fingerprint density at radius 1 is 1.32 bits per heavy atom. The molecule has 2 aliphatic heterocycles. The van der Waals surface area contributed by atoms with Crippen LogP contribution in [0.5, 0.6) is 0 Å². The van der Waals surface area contributed by atoms with Crippen molar-refractivity contribution in [3.05, 3.63) is 18.3 Å². The Bertz CT molecular complexity index is 433. The predicted octanol–water partition coefficient (Wildman–Crippen LogP) is 1.37. The van der Waals surface area contributed by atoms with Crippen molar-refractivity contribution in [2.45, 2.75) is 31.7 Å². The molecule has 1 unspecified atom stereocenters. The van der Waals surface area contributed by atoms with E-state index < -0.39 is 0 Å². The standard InChI is InChI=1S/C14H20N4O/c19-14(12-4-3-7-15-12)17-11-5-6-13(16-10-11)18-8-1-2-9-18/h5-6,10,12,15H,1-4,7-9H2,(H,17,19). The average Bonchev–Trinajstić information content (AvgIpc) is 3.13. The lowest BCUT2D eigenvalue weighted by molar-refractivity contribution is -0.117. The Kier molecular flexibility index (Phi) is 3.64. The lowest BCUT2D eigenvalue weighted by atomic mass is 10.2. The summed E-state index contributed by atoms with van der Waals surface area (Å²) in [6, 6.07) is 3.88. The highest BCUT2D eigenvalue weighted by molar-refractivity contribution is 5.94. The van der Waals surface area contributed by atoms with Crippen LogP contribution in [0.25, 0.3) is 0 Å². The van der Waals surface area contributed by atoms with E-state index in [4.69, 9.17) is 0 Å². The number of hydrogen-bond donors (Lipinski definition) is 2. The van der Waals surface area contributed by atoms with Crippen molar-refractivity contribution in [2.24, 2.45) is 0 Å². The van der Waals surface area contributed by atoms with Crippen LogP contribution in [0, 0.1) is 0 Å². The monoisotopic (exact) mass is 260 g/mol. The van der Waals surface area contributed by atoms with Gasteiger partial charge in [-0.2, -0.15) is 0 Å². The number of nitrogens with one attached hydrogen (secondary N) is 2. The zero-order chi connectivity index (χ0) is 13.1. The van der Waals surface area contributed by atoms with Gasteiger partial charge in [0.05, 0.1) is 17.9 Å². The molecule has 0 radical (unpaired) electrons. The van der Waals surface area contributed by atoms with Gasteiger partial charge in [0.15, 0.2) is 0 Å². The molecular formula is C14H20N4O. The minimum Gasteiger partial charge on any atom is -0.357 e. The molecule has 0 saturated carbocycles. The molecule has 0 aromatic carbocycles. The Morgan fingerprint density at radius 3 is 2.79 bits per heavy atom. The molecule has 2 saturated heterocycles. The SMILES string of the molecule is O=C(Nc1ccc(N2CCCC2)nc1)C1CCCN1. The van der Waals surface area contributed by atoms with Crippen LogP contribution in [-0.4, -0.2) is 36.6 Å². The maximum Gasteiger partial charge on any atom is 0.241 e. The van der Waals surface area contributed by atoms with Gasteiger partial charge in [-0.15, -0.1) is 0 Å². The largest absolute Gasteiger partial charge is 0.357 e. The third-order valence-corrected chi connectivity index (χ3v) is 3.82. The predicted molar refractivity (Wildman–Crippen MR) is 75.3 cm³/mol. The van der Waals surface area contributed by atoms with Gasteiger partial charge < -0.3 is 15.5 Å². The van der Waals surface area contributed by atoms with Gasteiger partial charge in [0, 0.05) is 13.1 Å². The highest BCUT2D eigenvalue weighted by Crippen LogP contribution is 2.19. The van der Waals surface area contributed by atoms with Crippen LogP contribution in [-0.2, 0) is 4.79 Å². The summed E-state index contributed by atoms with van der Waals surface area (Å²) in [5, 5.41) is 6.11. The summed E-state index contributed by atoms with van der Waals surface area (Å²) < 4.78 is 0. The van der Waals surface area contributed by atoms with E-state index in [-0.39, 0.29) is 11.9 Å². The highest BCUT2D eigenvalue weighted by Gasteiger charge is 2.22. The van der Waals surface area contributed by atoms with Crippen molar-refractivity contribution in [3.8, 4) is 0 Å². The number of anilines is 2. The third kappa shape index (κ3) is 2.87. The van der Waals surface area contributed by atoms with Gasteiger partial charge in [-0.25, -0.2) is 4.98 Å². The Hall–Kier alpha value is -1.62. The van der Waals surface area contributed by atoms with Crippen LogP contribution < -0.4 is 15.5 Å². The first kappa shape index (κ1) is 12.4. The second kappa shape index (κ2) is 5.57. The summed E-state index contributed by atoms with van der Waals surface area (Å²) in [6.45, 7) is 3.11. The lowest BCUT2D eigenvalue weighted by Crippen LogP contribution is -2.35. The van der Waals surface area contributed by atoms with Crippen molar-refractivity contribution in [3.63, 3.8) is 0 Å². The molecule has 3 heterocycles. The van der Waals surface area contributed by atoms with E-state index in [2.05, 4.69) is 20.5 Å². The third-order valence-electron chi connectivity index (χ3n) is 3.82. The molecule has 1 amide bonds. The molecule has 19 heavy (non-hydrogen) atoms. The maximum absolute atomic E-state index is 11.9. The molecular weight excluding hydrogens is 240 g/mol. The van der Waals surface area contributed by atoms with Crippen LogP contribution in [0.4, 0.5) is 11.5 Å². The first-order valence-corrected chi connectivity index (χ1v) is 7.08. The second-order valence-corrected chi connectivity index (χ2v) is 5.24. The van der Waals surface area contributed by atoms with Crippen LogP contribution in [0.1, 0.15) is 25.7 Å². The molecule has 1 aromatic heterocycles. The van der Waals surface area contributed by atoms with Gasteiger partial charge in [-0.05, 0) is 44.4 Å². The Balaban J connectivity index is 1.60. The molecule has 1 atom stereocenters. The molecule has 0 aliphatic carbocycles. The van der Waals surface area contributed by atoms with Gasteiger partial charge in [-0.3, -0.25) is 4.79 Å². The fraction of sp³-hybridized carbons (Fsp3) is 0.571. The Morgan fingerprint density at radius 2 is 2.16 bits per heavy atom. The molecule has 2 N–H and O–H groups in total. The van der Waals surface area contributed by atoms with Crippen molar-refractivity contribution >= 4 is 17.4 Å². The molecule has 2 aliphatic rings. The summed E-state index contributed by atoms with van der Waals surface area (Å²) >= 11 is 0. The number of aromatic nitrogens is 1. The Labute approximate surface area is 113 Å². The zero-order valence-corrected chi connectivity index (χ0v) is 11.1. The molecule has 3 rings (SSSR count). The molecule has 0 bridgehead atoms. The first-order valence-electron chi connectivity index (χ1n) is 7.08. The molecule has 0 spiro atoms. The van der Waals surface area contributed by atoms with Crippen LogP contribution in [0.3, 0.4) is 0 Å². The van der Waals surface area contributed by atoms with E-state index in [0.29, 0.717) is 0 Å². The van der Waals surface area contributed by atoms with Gasteiger partial charge >= 0.3 is 0 Å². The summed E-state index contributed by atoms with van der Waals surface area (Å²) in [5.74, 6) is 1.06. The average molecular weight is 260 g/mol. The molecule has 5 nitrogen and oxygen atoms in total. The minimum absolute atomic E-state index is 0.0433. The van der Waals surface area contributed by atoms with Crippen molar-refractivity contribution < 1.29 is 4.79 Å². The topological polar surface area (TPSA) is 57.3 Å². The van der Waals surface area contributed by atoms with Crippen LogP contribution in [0.2, 0.25) is 0 Å². The first-order chi connectivity index (χ1) is 9.33. The van der Waals surface area contributed by atoms with E-state index in [1.807, 2.05) is 12.1 Å². The molecule has 2 fully saturated rings. The van der Waals surface area contributed by atoms with E-state index >= 15 is 0 Å². The summed E-state index contributed by atoms with van der Waals surface area (Å²) in [5.41, 5.74) is 0.779. The minimum atomic E-state index is -0.0433. The fourth-order valence-corrected chi connectivity index (χ4v) is 2.73. The smallest absolute Gasteiger partial charge is 0.241 e. The number of carbonyl (C=O) groups excluding carboxylic acids is 1. The van der Waals surface area contributed by atoms with E-state index in [0.717, 1.165) is 44.0 Å². The highest BCUT2D eigenvalue weighted by atomic mass is 16.2. The van der Waals surface area contributed by atoms with Crippen molar-refractivity contribution in [1.82, 2.24) is 10.3 Å². The maximum atomic E-state index is 11.9. The van der Waals surface area contributed by atoms with Gasteiger partial charge in [0.1, 0.15) is 5.82 Å². The normalized spacial score (nSPS) is 22.7. The molecule has 1 aromatic rings. The molecule has 102 valence electrons. The van der Waals surface area contributed by atoms with E-state index in [9.17, 15) is 4.79 Å². The van der Waals surface area contributed by atoms with Gasteiger partial charge in [-0.1, -0.05) is 0 Å². The van der Waals surface area contributed by atoms with Crippen molar-refractivity contribution in [1.29, 1.82) is 0 Å². The zero-order valence-electron chi connectivity index (χ0n) is 11.1. The molecule has 5 heteroatoms. The number of amides is 1. The van der Waals surface area contributed by atoms with Gasteiger partial charge in [0.25, 0.3) is 0 Å². The van der Waals surface area contributed by atoms with E-state index in [1.165, 1.54) is 12.8 Å². The number of rotatable bonds is 3. The number of carbonyl (C=O) groups is 1. The number of hydrogen-bond acceptors (Lipinski definition) is 4. The van der Waals surface area contributed by atoms with E-state index in [1.54, 1.807) is 6.20 Å². The van der Waals surface area contributed by atoms with Crippen LogP contribution >= 0.6 is 0 Å². The quantitative estimate of drug-likeness (QED) is 0.862. The summed E-state index contributed by atoms with van der Waals surface area (Å²) in [4.78, 5) is 18.7. The summed E-state index contributed by atoms with van der Waals surface area (Å²) in [7, 11) is 0. The summed E-state index contributed by atoms with van der Waals surface area (Å²) in [6.07, 6.45) is 6.23. The lowest BCUT2D eigenvalue weighted by Gasteiger charge is -2.16. The fourth-order valence-electron chi connectivity index (χ4n) is 2.73. The van der Waals surface area contributed by atoms with Gasteiger partial charge in [0.2, 0.25) is 5.91 Å². The van der Waals surface area contributed by atoms with Crippen molar-refractivity contribution in [2.75, 3.05) is 29.9 Å². The number of pyridine rings is 1. The van der Waals surface area contributed by atoms with Crippen LogP contribution in [0.15, 0.2) is 18.3 Å².